The second-order valence-electron chi connectivity index (χ2n) is 9.49. The average molecular weight is 526 g/mol. The van der Waals surface area contributed by atoms with Crippen LogP contribution in [0.1, 0.15) is 53.2 Å². The smallest absolute Gasteiger partial charge is 0.368 e. The number of carbonyl (C=O) groups is 3. The third kappa shape index (κ3) is 5.63. The molecule has 0 bridgehead atoms. The number of nitrogens with zero attached hydrogens (tertiary/aromatic N) is 3. The van der Waals surface area contributed by atoms with Crippen molar-refractivity contribution in [2.45, 2.75) is 45.2 Å². The lowest BCUT2D eigenvalue weighted by molar-refractivity contribution is -1.05. The molecule has 2 aromatic rings. The Kier molecular flexibility index (Phi) is 8.28. The van der Waals surface area contributed by atoms with Crippen LogP contribution in [0, 0.1) is 0 Å². The SMILES string of the molecule is CCOC(=O)CO[N+]1(C(=O)[C@H](Cc2ccc(O)cc2)N2Cc3cc(C(N)=NO)ccc3C2=O)CCCCC1. The number of ether oxygens (including phenoxy) is 1. The summed E-state index contributed by atoms with van der Waals surface area (Å²) in [7, 11) is 0. The fourth-order valence-corrected chi connectivity index (χ4v) is 5.08. The minimum atomic E-state index is -0.910. The van der Waals surface area contributed by atoms with Gasteiger partial charge in [-0.25, -0.2) is 9.59 Å². The number of amides is 2. The van der Waals surface area contributed by atoms with Crippen LogP contribution in [0.3, 0.4) is 0 Å². The summed E-state index contributed by atoms with van der Waals surface area (Å²) in [6.45, 7) is 2.44. The van der Waals surface area contributed by atoms with Gasteiger partial charge in [0.1, 0.15) is 18.8 Å². The minimum Gasteiger partial charge on any atom is -0.508 e. The van der Waals surface area contributed by atoms with E-state index in [0.29, 0.717) is 29.8 Å². The van der Waals surface area contributed by atoms with Crippen LogP contribution in [0.5, 0.6) is 5.75 Å². The Morgan fingerprint density at radius 3 is 2.50 bits per heavy atom. The molecule has 0 saturated carbocycles. The van der Waals surface area contributed by atoms with Crippen molar-refractivity contribution in [3.05, 3.63) is 64.7 Å². The lowest BCUT2D eigenvalue weighted by atomic mass is 10.0. The highest BCUT2D eigenvalue weighted by Gasteiger charge is 2.49. The zero-order valence-electron chi connectivity index (χ0n) is 21.3. The number of hydrogen-bond donors (Lipinski definition) is 3. The fraction of sp³-hybridized carbons (Fsp3) is 0.407. The molecule has 0 unspecified atom stereocenters. The van der Waals surface area contributed by atoms with Crippen molar-refractivity contribution in [2.24, 2.45) is 10.9 Å². The first-order valence-corrected chi connectivity index (χ1v) is 12.7. The number of phenols is 1. The number of likely N-dealkylation sites (tertiary alicyclic amines) is 1. The van der Waals surface area contributed by atoms with Crippen molar-refractivity contribution in [3.8, 4) is 5.75 Å². The molecule has 2 amide bonds. The van der Waals surface area contributed by atoms with E-state index in [0.717, 1.165) is 24.8 Å². The van der Waals surface area contributed by atoms with Gasteiger partial charge in [0.15, 0.2) is 11.9 Å². The Balaban J connectivity index is 1.69. The van der Waals surface area contributed by atoms with Gasteiger partial charge in [-0.2, -0.15) is 4.84 Å². The standard InChI is InChI=1S/C27H32N4O7/c1-2-37-24(33)17-38-31(12-4-3-5-13-31)27(35)23(14-18-6-9-21(32)10-7-18)30-16-20-15-19(25(28)29-36)8-11-22(20)26(30)34/h6-11,15,23H,2-5,12-14,16-17H2,1H3,(H3-,28,29,32,34,36)/p+1/t23-/m0/s1. The van der Waals surface area contributed by atoms with E-state index in [9.17, 15) is 19.5 Å². The summed E-state index contributed by atoms with van der Waals surface area (Å²) in [5.41, 5.74) is 8.04. The first-order chi connectivity index (χ1) is 18.3. The van der Waals surface area contributed by atoms with E-state index in [1.54, 1.807) is 37.3 Å². The number of benzene rings is 2. The predicted octanol–water partition coefficient (Wildman–Crippen LogP) is 2.08. The summed E-state index contributed by atoms with van der Waals surface area (Å²) in [4.78, 5) is 47.6. The molecule has 1 fully saturated rings. The number of aromatic hydroxyl groups is 1. The van der Waals surface area contributed by atoms with E-state index in [4.69, 9.17) is 20.5 Å². The van der Waals surface area contributed by atoms with Crippen LogP contribution < -0.4 is 5.73 Å². The zero-order chi connectivity index (χ0) is 27.3. The first kappa shape index (κ1) is 27.1. The first-order valence-electron chi connectivity index (χ1n) is 12.7. The summed E-state index contributed by atoms with van der Waals surface area (Å²) >= 11 is 0. The summed E-state index contributed by atoms with van der Waals surface area (Å²) in [6, 6.07) is 10.4. The number of quaternary nitrogens is 1. The van der Waals surface area contributed by atoms with Crippen molar-refractivity contribution in [1.29, 1.82) is 0 Å². The molecule has 2 aliphatic rings. The molecule has 4 rings (SSSR count). The molecular formula is C27H33N4O7+. The molecule has 2 aromatic carbocycles. The van der Waals surface area contributed by atoms with Crippen molar-refractivity contribution >= 4 is 23.6 Å². The number of oxime groups is 1. The monoisotopic (exact) mass is 525 g/mol. The highest BCUT2D eigenvalue weighted by Crippen LogP contribution is 2.31. The number of hydrogen-bond acceptors (Lipinski definition) is 8. The van der Waals surface area contributed by atoms with E-state index in [1.165, 1.54) is 17.0 Å². The van der Waals surface area contributed by atoms with E-state index in [1.807, 2.05) is 0 Å². The summed E-state index contributed by atoms with van der Waals surface area (Å²) < 4.78 is 4.63. The van der Waals surface area contributed by atoms with Crippen molar-refractivity contribution in [3.63, 3.8) is 0 Å². The van der Waals surface area contributed by atoms with E-state index < -0.39 is 12.0 Å². The number of amidine groups is 1. The van der Waals surface area contributed by atoms with Crippen molar-refractivity contribution < 1.29 is 38.9 Å². The van der Waals surface area contributed by atoms with Crippen LogP contribution in [0.25, 0.3) is 0 Å². The largest absolute Gasteiger partial charge is 0.508 e. The van der Waals surface area contributed by atoms with Gasteiger partial charge in [-0.05, 0) is 48.7 Å². The lowest BCUT2D eigenvalue weighted by Crippen LogP contribution is -2.63. The summed E-state index contributed by atoms with van der Waals surface area (Å²) in [5.74, 6) is -1.18. The molecule has 11 nitrogen and oxygen atoms in total. The second kappa shape index (κ2) is 11.6. The molecule has 202 valence electrons. The van der Waals surface area contributed by atoms with Crippen LogP contribution in [0.15, 0.2) is 47.6 Å². The van der Waals surface area contributed by atoms with Gasteiger partial charge in [0, 0.05) is 36.9 Å². The third-order valence-corrected chi connectivity index (χ3v) is 7.04. The van der Waals surface area contributed by atoms with Gasteiger partial charge < -0.3 is 25.7 Å². The highest BCUT2D eigenvalue weighted by atomic mass is 16.7. The molecular weight excluding hydrogens is 492 g/mol. The Hall–Kier alpha value is -3.96. The molecule has 2 aliphatic heterocycles. The molecule has 38 heavy (non-hydrogen) atoms. The topological polar surface area (TPSA) is 152 Å². The molecule has 0 radical (unpaired) electrons. The van der Waals surface area contributed by atoms with Crippen molar-refractivity contribution in [1.82, 2.24) is 4.90 Å². The molecule has 4 N–H and O–H groups in total. The van der Waals surface area contributed by atoms with E-state index in [-0.39, 0.29) is 54.2 Å². The average Bonchev–Trinajstić information content (AvgIpc) is 3.26. The van der Waals surface area contributed by atoms with Gasteiger partial charge in [0.2, 0.25) is 6.61 Å². The number of rotatable bonds is 9. The number of hydroxylamine groups is 3. The number of phenolic OH excluding ortho intramolecular Hbond substituents is 1. The van der Waals surface area contributed by atoms with Crippen LogP contribution in [-0.2, 0) is 32.1 Å². The van der Waals surface area contributed by atoms with E-state index >= 15 is 0 Å². The maximum atomic E-state index is 14.3. The Labute approximate surface area is 220 Å². The molecule has 1 atom stereocenters. The fourth-order valence-electron chi connectivity index (χ4n) is 5.08. The molecule has 0 aliphatic carbocycles. The molecule has 1 saturated heterocycles. The number of fused-ring (bicyclic) bond motifs is 1. The van der Waals surface area contributed by atoms with Crippen molar-refractivity contribution in [2.75, 3.05) is 26.3 Å². The van der Waals surface area contributed by atoms with Gasteiger partial charge >= 0.3 is 11.9 Å². The summed E-state index contributed by atoms with van der Waals surface area (Å²) in [6.07, 6.45) is 2.59. The normalized spacial score (nSPS) is 17.7. The maximum absolute atomic E-state index is 14.3. The minimum absolute atomic E-state index is 0.0828. The number of nitrogens with two attached hydrogens (primary N) is 1. The van der Waals surface area contributed by atoms with Gasteiger partial charge in [-0.15, -0.1) is 4.65 Å². The molecule has 2 heterocycles. The lowest BCUT2D eigenvalue weighted by Gasteiger charge is -2.39. The van der Waals surface area contributed by atoms with Gasteiger partial charge in [-0.3, -0.25) is 4.79 Å². The molecule has 0 spiro atoms. The van der Waals surface area contributed by atoms with Crippen LogP contribution in [-0.4, -0.2) is 75.8 Å². The summed E-state index contributed by atoms with van der Waals surface area (Å²) in [5, 5.41) is 21.8. The zero-order valence-corrected chi connectivity index (χ0v) is 21.3. The molecule has 0 aromatic heterocycles. The number of carbonyl (C=O) groups excluding carboxylic acids is 3. The van der Waals surface area contributed by atoms with E-state index in [2.05, 4.69) is 5.16 Å². The second-order valence-corrected chi connectivity index (χ2v) is 9.49. The highest BCUT2D eigenvalue weighted by molar-refractivity contribution is 6.03. The predicted molar refractivity (Wildman–Crippen MR) is 136 cm³/mol. The number of piperidine rings is 1. The van der Waals surface area contributed by atoms with Gasteiger partial charge in [0.05, 0.1) is 6.61 Å². The van der Waals surface area contributed by atoms with Gasteiger partial charge in [0.25, 0.3) is 5.91 Å². The Morgan fingerprint density at radius 2 is 1.84 bits per heavy atom. The van der Waals surface area contributed by atoms with Crippen LogP contribution in [0.2, 0.25) is 0 Å². The maximum Gasteiger partial charge on any atom is 0.368 e. The Morgan fingerprint density at radius 1 is 1.13 bits per heavy atom. The molecule has 11 heteroatoms. The quantitative estimate of drug-likeness (QED) is 0.112. The van der Waals surface area contributed by atoms with Crippen LogP contribution in [0.4, 0.5) is 0 Å². The van der Waals surface area contributed by atoms with Crippen LogP contribution >= 0.6 is 0 Å². The number of esters is 1. The Bertz CT molecular complexity index is 1220. The van der Waals surface area contributed by atoms with Gasteiger partial charge in [-0.1, -0.05) is 23.4 Å². The third-order valence-electron chi connectivity index (χ3n) is 7.04.